The van der Waals surface area contributed by atoms with E-state index in [9.17, 15) is 33.0 Å². The summed E-state index contributed by atoms with van der Waals surface area (Å²) in [5, 5.41) is 21.6. The maximum atomic E-state index is 12.5. The van der Waals surface area contributed by atoms with Gasteiger partial charge in [0.25, 0.3) is 0 Å². The van der Waals surface area contributed by atoms with Gasteiger partial charge in [0.05, 0.1) is 5.60 Å². The standard InChI is InChI=1S/C14H18F3NO4/c15-14(16,17)11(21)18-9(10(19)20)12-2-7-1-8(3-12)5-13(22,4-7)6-12/h7-9,22H,1-6H2,(H,18,21)(H,19,20)/t7?,8?,9-,12?,13?/m1/s1. The molecule has 3 atom stereocenters. The molecular weight excluding hydrogens is 303 g/mol. The van der Waals surface area contributed by atoms with Crippen LogP contribution in [0.25, 0.3) is 0 Å². The fourth-order valence-corrected chi connectivity index (χ4v) is 5.31. The average Bonchev–Trinajstić information content (AvgIpc) is 2.30. The van der Waals surface area contributed by atoms with E-state index in [1.165, 1.54) is 0 Å². The van der Waals surface area contributed by atoms with Gasteiger partial charge in [-0.15, -0.1) is 0 Å². The van der Waals surface area contributed by atoms with Crippen molar-refractivity contribution < 1.29 is 33.0 Å². The summed E-state index contributed by atoms with van der Waals surface area (Å²) in [6, 6.07) is -1.61. The summed E-state index contributed by atoms with van der Waals surface area (Å²) < 4.78 is 37.4. The van der Waals surface area contributed by atoms with Crippen LogP contribution in [0.3, 0.4) is 0 Å². The molecule has 4 aliphatic rings. The largest absolute Gasteiger partial charge is 0.480 e. The molecule has 4 aliphatic carbocycles. The highest BCUT2D eigenvalue weighted by Gasteiger charge is 2.62. The second-order valence-corrected chi connectivity index (χ2v) is 7.29. The quantitative estimate of drug-likeness (QED) is 0.734. The molecule has 0 saturated heterocycles. The lowest BCUT2D eigenvalue weighted by Gasteiger charge is -2.61. The van der Waals surface area contributed by atoms with Crippen molar-refractivity contribution in [2.24, 2.45) is 17.3 Å². The van der Waals surface area contributed by atoms with E-state index in [0.717, 1.165) is 6.42 Å². The Kier molecular flexibility index (Phi) is 3.25. The first-order valence-electron chi connectivity index (χ1n) is 7.36. The zero-order chi connectivity index (χ0) is 16.3. The lowest BCUT2D eigenvalue weighted by atomic mass is 9.46. The molecule has 5 nitrogen and oxygen atoms in total. The van der Waals surface area contributed by atoms with Crippen LogP contribution in [0, 0.1) is 17.3 Å². The summed E-state index contributed by atoms with van der Waals surface area (Å²) in [4.78, 5) is 22.7. The van der Waals surface area contributed by atoms with Crippen molar-refractivity contribution in [3.63, 3.8) is 0 Å². The maximum Gasteiger partial charge on any atom is 0.471 e. The molecule has 4 saturated carbocycles. The van der Waals surface area contributed by atoms with Crippen LogP contribution < -0.4 is 5.32 Å². The van der Waals surface area contributed by atoms with Crippen LogP contribution in [0.15, 0.2) is 0 Å². The Hall–Kier alpha value is -1.31. The van der Waals surface area contributed by atoms with Crippen LogP contribution in [-0.4, -0.2) is 39.9 Å². The predicted molar refractivity (Wildman–Crippen MR) is 67.7 cm³/mol. The van der Waals surface area contributed by atoms with Crippen LogP contribution in [-0.2, 0) is 9.59 Å². The highest BCUT2D eigenvalue weighted by molar-refractivity contribution is 5.87. The molecule has 124 valence electrons. The molecule has 2 unspecified atom stereocenters. The maximum absolute atomic E-state index is 12.5. The number of carboxylic acid groups (broad SMARTS) is 1. The molecule has 1 amide bonds. The van der Waals surface area contributed by atoms with Crippen LogP contribution in [0.2, 0.25) is 0 Å². The van der Waals surface area contributed by atoms with E-state index in [4.69, 9.17) is 0 Å². The number of hydrogen-bond donors (Lipinski definition) is 3. The van der Waals surface area contributed by atoms with Crippen molar-refractivity contribution in [3.05, 3.63) is 0 Å². The van der Waals surface area contributed by atoms with Crippen molar-refractivity contribution in [3.8, 4) is 0 Å². The number of rotatable bonds is 3. The molecule has 0 aromatic rings. The zero-order valence-corrected chi connectivity index (χ0v) is 11.8. The molecule has 0 heterocycles. The van der Waals surface area contributed by atoms with E-state index in [2.05, 4.69) is 0 Å². The number of amides is 1. The van der Waals surface area contributed by atoms with Gasteiger partial charge in [-0.1, -0.05) is 0 Å². The molecule has 4 fully saturated rings. The van der Waals surface area contributed by atoms with Gasteiger partial charge in [0.1, 0.15) is 6.04 Å². The Bertz CT molecular complexity index is 505. The topological polar surface area (TPSA) is 86.6 Å². The highest BCUT2D eigenvalue weighted by atomic mass is 19.4. The normalized spacial score (nSPS) is 41.3. The van der Waals surface area contributed by atoms with Gasteiger partial charge in [0.2, 0.25) is 0 Å². The number of halogens is 3. The van der Waals surface area contributed by atoms with E-state index < -0.39 is 35.1 Å². The lowest BCUT2D eigenvalue weighted by Crippen LogP contribution is -2.65. The minimum Gasteiger partial charge on any atom is -0.480 e. The van der Waals surface area contributed by atoms with E-state index in [1.54, 1.807) is 5.32 Å². The Labute approximate surface area is 124 Å². The number of aliphatic carboxylic acids is 1. The molecule has 0 spiro atoms. The Morgan fingerprint density at radius 2 is 1.68 bits per heavy atom. The van der Waals surface area contributed by atoms with E-state index in [-0.39, 0.29) is 18.3 Å². The van der Waals surface area contributed by atoms with Crippen LogP contribution in [0.5, 0.6) is 0 Å². The second kappa shape index (κ2) is 4.59. The Morgan fingerprint density at radius 3 is 2.09 bits per heavy atom. The fourth-order valence-electron chi connectivity index (χ4n) is 5.31. The third kappa shape index (κ3) is 2.47. The number of alkyl halides is 3. The fraction of sp³-hybridized carbons (Fsp3) is 0.857. The number of carbonyl (C=O) groups is 2. The summed E-state index contributed by atoms with van der Waals surface area (Å²) in [5.74, 6) is -3.46. The number of nitrogens with one attached hydrogen (secondary N) is 1. The first kappa shape index (κ1) is 15.6. The molecular formula is C14H18F3NO4. The molecule has 0 radical (unpaired) electrons. The minimum absolute atomic E-state index is 0.121. The molecule has 3 N–H and O–H groups in total. The predicted octanol–water partition coefficient (Wildman–Crippen LogP) is 1.45. The van der Waals surface area contributed by atoms with Gasteiger partial charge >= 0.3 is 18.1 Å². The number of aliphatic hydroxyl groups is 1. The number of hydrogen-bond acceptors (Lipinski definition) is 3. The molecule has 0 aliphatic heterocycles. The Balaban J connectivity index is 1.89. The molecule has 0 aromatic carbocycles. The van der Waals surface area contributed by atoms with Crippen molar-refractivity contribution in [1.82, 2.24) is 5.32 Å². The van der Waals surface area contributed by atoms with Crippen molar-refractivity contribution in [2.75, 3.05) is 0 Å². The molecule has 4 bridgehead atoms. The third-order valence-corrected chi connectivity index (χ3v) is 5.47. The van der Waals surface area contributed by atoms with Gasteiger partial charge < -0.3 is 15.5 Å². The first-order chi connectivity index (χ1) is 10.0. The minimum atomic E-state index is -5.12. The van der Waals surface area contributed by atoms with Gasteiger partial charge in [-0.3, -0.25) is 4.79 Å². The summed E-state index contributed by atoms with van der Waals surface area (Å²) in [6.07, 6.45) is -2.06. The van der Waals surface area contributed by atoms with E-state index >= 15 is 0 Å². The number of carboxylic acids is 1. The average molecular weight is 321 g/mol. The molecule has 4 rings (SSSR count). The van der Waals surface area contributed by atoms with Crippen molar-refractivity contribution in [2.45, 2.75) is 56.3 Å². The van der Waals surface area contributed by atoms with E-state index in [1.807, 2.05) is 0 Å². The first-order valence-corrected chi connectivity index (χ1v) is 7.36. The van der Waals surface area contributed by atoms with Crippen LogP contribution in [0.4, 0.5) is 13.2 Å². The van der Waals surface area contributed by atoms with Gasteiger partial charge in [0, 0.05) is 5.41 Å². The summed E-state index contributed by atoms with van der Waals surface area (Å²) in [5.41, 5.74) is -1.98. The summed E-state index contributed by atoms with van der Waals surface area (Å²) in [7, 11) is 0. The van der Waals surface area contributed by atoms with Gasteiger partial charge in [-0.25, -0.2) is 4.79 Å². The molecule has 22 heavy (non-hydrogen) atoms. The molecule has 8 heteroatoms. The SMILES string of the molecule is O=C(O)[C@@H](NC(=O)C(F)(F)F)C12CC3CC(CC(O)(C3)C1)C2. The van der Waals surface area contributed by atoms with Crippen LogP contribution >= 0.6 is 0 Å². The Morgan fingerprint density at radius 1 is 1.14 bits per heavy atom. The van der Waals surface area contributed by atoms with Gasteiger partial charge in [-0.05, 0) is 50.4 Å². The molecule has 0 aromatic heterocycles. The van der Waals surface area contributed by atoms with Crippen LogP contribution in [0.1, 0.15) is 38.5 Å². The zero-order valence-electron chi connectivity index (χ0n) is 11.8. The van der Waals surface area contributed by atoms with Crippen molar-refractivity contribution in [1.29, 1.82) is 0 Å². The second-order valence-electron chi connectivity index (χ2n) is 7.29. The summed E-state index contributed by atoms with van der Waals surface area (Å²) >= 11 is 0. The highest BCUT2D eigenvalue weighted by Crippen LogP contribution is 2.62. The lowest BCUT2D eigenvalue weighted by molar-refractivity contribution is -0.192. The smallest absolute Gasteiger partial charge is 0.471 e. The number of carbonyl (C=O) groups excluding carboxylic acids is 1. The summed E-state index contributed by atoms with van der Waals surface area (Å²) in [6.45, 7) is 0. The third-order valence-electron chi connectivity index (χ3n) is 5.47. The van der Waals surface area contributed by atoms with Gasteiger partial charge in [0.15, 0.2) is 0 Å². The van der Waals surface area contributed by atoms with E-state index in [0.29, 0.717) is 25.7 Å². The monoisotopic (exact) mass is 321 g/mol. The van der Waals surface area contributed by atoms with Gasteiger partial charge in [-0.2, -0.15) is 13.2 Å². The van der Waals surface area contributed by atoms with Crippen molar-refractivity contribution >= 4 is 11.9 Å².